The first-order valence-corrected chi connectivity index (χ1v) is 12.2. The molecule has 4 aliphatic carbocycles. The maximum Gasteiger partial charge on any atom is 0.230 e. The Hall–Kier alpha value is -1.44. The Morgan fingerprint density at radius 2 is 1.83 bits per heavy atom. The summed E-state index contributed by atoms with van der Waals surface area (Å²) in [5.74, 6) is 9.53. The van der Waals surface area contributed by atoms with Crippen LogP contribution < -0.4 is 11.2 Å². The van der Waals surface area contributed by atoms with Crippen molar-refractivity contribution in [3.63, 3.8) is 0 Å². The van der Waals surface area contributed by atoms with E-state index < -0.39 is 0 Å². The number of nitrogens with zero attached hydrogens (tertiary/aromatic N) is 3. The number of aromatic nitrogens is 3. The molecule has 1 heterocycles. The zero-order chi connectivity index (χ0) is 20.9. The SMILES string of the molecule is Nn1c(SCC(=O)NCC23CC4CC(CC(C4)C2)C3)nnc1-c1ccc(Cl)cc1Cl. The maximum absolute atomic E-state index is 12.5. The van der Waals surface area contributed by atoms with Gasteiger partial charge in [-0.15, -0.1) is 10.2 Å². The lowest BCUT2D eigenvalue weighted by atomic mass is 9.49. The van der Waals surface area contributed by atoms with E-state index in [1.807, 2.05) is 0 Å². The average Bonchev–Trinajstić information content (AvgIpc) is 3.04. The monoisotopic (exact) mass is 465 g/mol. The number of rotatable bonds is 6. The molecule has 30 heavy (non-hydrogen) atoms. The Bertz CT molecular complexity index is 943. The minimum absolute atomic E-state index is 0.0184. The summed E-state index contributed by atoms with van der Waals surface area (Å²) in [6.07, 6.45) is 8.10. The summed E-state index contributed by atoms with van der Waals surface area (Å²) in [6.45, 7) is 0.802. The molecule has 0 atom stereocenters. The van der Waals surface area contributed by atoms with E-state index in [9.17, 15) is 4.79 Å². The van der Waals surface area contributed by atoms with Gasteiger partial charge in [0, 0.05) is 17.1 Å². The summed E-state index contributed by atoms with van der Waals surface area (Å²) in [7, 11) is 0. The molecule has 0 saturated heterocycles. The van der Waals surface area contributed by atoms with Crippen molar-refractivity contribution in [2.75, 3.05) is 18.1 Å². The Labute approximate surface area is 190 Å². The molecule has 6 nitrogen and oxygen atoms in total. The summed E-state index contributed by atoms with van der Waals surface area (Å²) in [5.41, 5.74) is 0.982. The Morgan fingerprint density at radius 1 is 1.17 bits per heavy atom. The highest BCUT2D eigenvalue weighted by Crippen LogP contribution is 2.59. The number of carbonyl (C=O) groups is 1. The van der Waals surface area contributed by atoms with Crippen molar-refractivity contribution in [2.45, 2.75) is 43.7 Å². The highest BCUT2D eigenvalue weighted by Gasteiger charge is 2.50. The molecule has 160 valence electrons. The van der Waals surface area contributed by atoms with Gasteiger partial charge < -0.3 is 11.2 Å². The Balaban J connectivity index is 1.18. The molecule has 0 radical (unpaired) electrons. The van der Waals surface area contributed by atoms with Gasteiger partial charge in [0.25, 0.3) is 0 Å². The first-order chi connectivity index (χ1) is 14.4. The summed E-state index contributed by atoms with van der Waals surface area (Å²) >= 11 is 13.5. The molecule has 3 N–H and O–H groups in total. The zero-order valence-electron chi connectivity index (χ0n) is 16.6. The summed E-state index contributed by atoms with van der Waals surface area (Å²) < 4.78 is 1.37. The van der Waals surface area contributed by atoms with Crippen LogP contribution >= 0.6 is 35.0 Å². The van der Waals surface area contributed by atoms with Crippen LogP contribution in [0.3, 0.4) is 0 Å². The molecule has 4 saturated carbocycles. The normalized spacial score (nSPS) is 29.3. The van der Waals surface area contributed by atoms with Crippen LogP contribution in [0, 0.1) is 23.2 Å². The fourth-order valence-corrected chi connectivity index (χ4v) is 7.38. The first kappa shape index (κ1) is 20.5. The second-order valence-electron chi connectivity index (χ2n) is 9.28. The third-order valence-corrected chi connectivity index (χ3v) is 8.49. The summed E-state index contributed by atoms with van der Waals surface area (Å²) in [6, 6.07) is 5.12. The third-order valence-electron chi connectivity index (χ3n) is 6.99. The molecule has 4 aliphatic rings. The van der Waals surface area contributed by atoms with Crippen molar-refractivity contribution in [2.24, 2.45) is 23.2 Å². The van der Waals surface area contributed by atoms with Gasteiger partial charge in [0.1, 0.15) is 0 Å². The van der Waals surface area contributed by atoms with Crippen LogP contribution in [0.1, 0.15) is 38.5 Å². The van der Waals surface area contributed by atoms with Gasteiger partial charge in [-0.2, -0.15) is 0 Å². The molecule has 0 aliphatic heterocycles. The largest absolute Gasteiger partial charge is 0.355 e. The average molecular weight is 466 g/mol. The predicted molar refractivity (Wildman–Crippen MR) is 120 cm³/mol. The predicted octanol–water partition coefficient (Wildman–Crippen LogP) is 4.39. The van der Waals surface area contributed by atoms with E-state index in [4.69, 9.17) is 29.0 Å². The topological polar surface area (TPSA) is 85.8 Å². The fourth-order valence-electron chi connectivity index (χ4n) is 6.20. The van der Waals surface area contributed by atoms with Crippen LogP contribution in [0.15, 0.2) is 23.4 Å². The third kappa shape index (κ3) is 3.92. The van der Waals surface area contributed by atoms with E-state index in [0.717, 1.165) is 24.3 Å². The lowest BCUT2D eigenvalue weighted by Crippen LogP contribution is -2.51. The standard InChI is InChI=1S/C21H25Cl2N5OS/c22-15-1-2-16(17(23)6-15)19-26-27-20(28(19)24)30-10-18(29)25-11-21-7-12-3-13(8-21)5-14(4-12)9-21/h1-2,6,12-14H,3-5,7-11,24H2,(H,25,29). The second kappa shape index (κ2) is 7.92. The van der Waals surface area contributed by atoms with Gasteiger partial charge in [-0.1, -0.05) is 35.0 Å². The van der Waals surface area contributed by atoms with Crippen LogP contribution in [0.4, 0.5) is 0 Å². The number of nitrogens with one attached hydrogen (secondary N) is 1. The maximum atomic E-state index is 12.5. The molecular formula is C21H25Cl2N5OS. The van der Waals surface area contributed by atoms with E-state index in [1.54, 1.807) is 18.2 Å². The van der Waals surface area contributed by atoms with E-state index in [2.05, 4.69) is 15.5 Å². The molecule has 6 rings (SSSR count). The quantitative estimate of drug-likeness (QED) is 0.487. The van der Waals surface area contributed by atoms with Gasteiger partial charge in [-0.25, -0.2) is 4.68 Å². The van der Waals surface area contributed by atoms with Gasteiger partial charge in [0.15, 0.2) is 5.82 Å². The number of nitrogen functional groups attached to an aromatic ring is 1. The number of hydrogen-bond donors (Lipinski definition) is 2. The number of carbonyl (C=O) groups excluding carboxylic acids is 1. The van der Waals surface area contributed by atoms with Crippen LogP contribution in [-0.2, 0) is 4.79 Å². The number of benzene rings is 1. The Kier molecular flexibility index (Phi) is 5.40. The Morgan fingerprint density at radius 3 is 2.47 bits per heavy atom. The number of amides is 1. The summed E-state index contributed by atoms with van der Waals surface area (Å²) in [5, 5.41) is 12.9. The highest BCUT2D eigenvalue weighted by molar-refractivity contribution is 7.99. The van der Waals surface area contributed by atoms with Crippen molar-refractivity contribution >= 4 is 40.9 Å². The second-order valence-corrected chi connectivity index (χ2v) is 11.1. The van der Waals surface area contributed by atoms with E-state index in [1.165, 1.54) is 55.0 Å². The minimum atomic E-state index is 0.0184. The zero-order valence-corrected chi connectivity index (χ0v) is 18.9. The molecule has 0 spiro atoms. The van der Waals surface area contributed by atoms with E-state index in [-0.39, 0.29) is 11.7 Å². The molecule has 0 unspecified atom stereocenters. The van der Waals surface area contributed by atoms with E-state index >= 15 is 0 Å². The number of nitrogens with two attached hydrogens (primary N) is 1. The fraction of sp³-hybridized carbons (Fsp3) is 0.571. The van der Waals surface area contributed by atoms with Gasteiger partial charge in [0.05, 0.1) is 10.8 Å². The minimum Gasteiger partial charge on any atom is -0.355 e. The molecule has 2 aromatic rings. The van der Waals surface area contributed by atoms with Crippen molar-refractivity contribution in [3.8, 4) is 11.4 Å². The lowest BCUT2D eigenvalue weighted by molar-refractivity contribution is -0.120. The van der Waals surface area contributed by atoms with Gasteiger partial charge in [-0.3, -0.25) is 4.79 Å². The van der Waals surface area contributed by atoms with E-state index in [0.29, 0.717) is 32.0 Å². The van der Waals surface area contributed by atoms with Crippen molar-refractivity contribution in [1.82, 2.24) is 20.2 Å². The first-order valence-electron chi connectivity index (χ1n) is 10.5. The van der Waals surface area contributed by atoms with Crippen LogP contribution in [0.2, 0.25) is 10.0 Å². The molecule has 4 bridgehead atoms. The van der Waals surface area contributed by atoms with Crippen molar-refractivity contribution < 1.29 is 4.79 Å². The molecule has 1 aromatic carbocycles. The van der Waals surface area contributed by atoms with Gasteiger partial charge in [-0.05, 0) is 79.9 Å². The lowest BCUT2D eigenvalue weighted by Gasteiger charge is -2.56. The van der Waals surface area contributed by atoms with Crippen molar-refractivity contribution in [1.29, 1.82) is 0 Å². The smallest absolute Gasteiger partial charge is 0.230 e. The van der Waals surface area contributed by atoms with Gasteiger partial charge >= 0.3 is 0 Å². The molecule has 4 fully saturated rings. The van der Waals surface area contributed by atoms with Crippen LogP contribution in [-0.4, -0.2) is 33.1 Å². The molecule has 9 heteroatoms. The van der Waals surface area contributed by atoms with Crippen LogP contribution in [0.5, 0.6) is 0 Å². The molecule has 1 aromatic heterocycles. The van der Waals surface area contributed by atoms with Crippen molar-refractivity contribution in [3.05, 3.63) is 28.2 Å². The number of hydrogen-bond acceptors (Lipinski definition) is 5. The van der Waals surface area contributed by atoms with Gasteiger partial charge in [0.2, 0.25) is 11.1 Å². The number of halogens is 2. The molecular weight excluding hydrogens is 441 g/mol. The highest BCUT2D eigenvalue weighted by atomic mass is 35.5. The number of thioether (sulfide) groups is 1. The molecule has 1 amide bonds. The summed E-state index contributed by atoms with van der Waals surface area (Å²) in [4.78, 5) is 12.5. The van der Waals surface area contributed by atoms with Crippen LogP contribution in [0.25, 0.3) is 11.4 Å².